The molecular formula is C14H18N2O4S. The Morgan fingerprint density at radius 3 is 2.48 bits per heavy atom. The van der Waals surface area contributed by atoms with Crippen LogP contribution in [0.25, 0.3) is 0 Å². The summed E-state index contributed by atoms with van der Waals surface area (Å²) in [7, 11) is 3.08. The standard InChI is InChI=1S/C14H18N2O4S/c1-18-10-5-9(6-11(7-10)19-2)14(17)16-3-4-20-12(8-16)13(15)21/h5-7,12H,3-4,8H2,1-2H3,(H2,15,21). The maximum absolute atomic E-state index is 12.6. The molecule has 1 aliphatic rings. The zero-order valence-corrected chi connectivity index (χ0v) is 12.8. The highest BCUT2D eigenvalue weighted by Gasteiger charge is 2.27. The number of morpholine rings is 1. The van der Waals surface area contributed by atoms with Gasteiger partial charge in [0, 0.05) is 18.2 Å². The lowest BCUT2D eigenvalue weighted by atomic mass is 10.1. The van der Waals surface area contributed by atoms with Crippen molar-refractivity contribution in [3.05, 3.63) is 23.8 Å². The molecule has 0 radical (unpaired) electrons. The van der Waals surface area contributed by atoms with Gasteiger partial charge in [0.25, 0.3) is 5.91 Å². The fraction of sp³-hybridized carbons (Fsp3) is 0.429. The van der Waals surface area contributed by atoms with Crippen molar-refractivity contribution in [3.63, 3.8) is 0 Å². The number of nitrogens with zero attached hydrogens (tertiary/aromatic N) is 1. The first-order valence-electron chi connectivity index (χ1n) is 6.48. The molecule has 1 aromatic carbocycles. The molecule has 7 heteroatoms. The fourth-order valence-electron chi connectivity index (χ4n) is 2.12. The van der Waals surface area contributed by atoms with Gasteiger partial charge < -0.3 is 24.8 Å². The number of hydrogen-bond acceptors (Lipinski definition) is 5. The third-order valence-electron chi connectivity index (χ3n) is 3.27. The van der Waals surface area contributed by atoms with Crippen molar-refractivity contribution in [3.8, 4) is 11.5 Å². The Labute approximate surface area is 128 Å². The molecule has 0 aliphatic carbocycles. The van der Waals surface area contributed by atoms with Gasteiger partial charge in [-0.1, -0.05) is 12.2 Å². The number of amides is 1. The first kappa shape index (κ1) is 15.5. The molecule has 0 bridgehead atoms. The van der Waals surface area contributed by atoms with E-state index in [4.69, 9.17) is 32.2 Å². The van der Waals surface area contributed by atoms with E-state index in [-0.39, 0.29) is 10.9 Å². The van der Waals surface area contributed by atoms with E-state index in [9.17, 15) is 4.79 Å². The second-order valence-corrected chi connectivity index (χ2v) is 5.09. The number of benzene rings is 1. The highest BCUT2D eigenvalue weighted by atomic mass is 32.1. The molecule has 1 atom stereocenters. The van der Waals surface area contributed by atoms with E-state index in [1.54, 1.807) is 37.3 Å². The van der Waals surface area contributed by atoms with Crippen LogP contribution in [0.4, 0.5) is 0 Å². The Kier molecular flexibility index (Phi) is 4.98. The lowest BCUT2D eigenvalue weighted by molar-refractivity contribution is 0.00876. The van der Waals surface area contributed by atoms with E-state index >= 15 is 0 Å². The van der Waals surface area contributed by atoms with Crippen molar-refractivity contribution >= 4 is 23.1 Å². The second-order valence-electron chi connectivity index (χ2n) is 4.61. The van der Waals surface area contributed by atoms with Gasteiger partial charge in [-0.05, 0) is 12.1 Å². The predicted molar refractivity (Wildman–Crippen MR) is 82.0 cm³/mol. The van der Waals surface area contributed by atoms with E-state index in [0.29, 0.717) is 36.8 Å². The molecule has 6 nitrogen and oxygen atoms in total. The minimum atomic E-state index is -0.398. The molecular weight excluding hydrogens is 292 g/mol. The van der Waals surface area contributed by atoms with Gasteiger partial charge in [0.1, 0.15) is 22.6 Å². The van der Waals surface area contributed by atoms with Crippen LogP contribution in [0.5, 0.6) is 11.5 Å². The molecule has 2 N–H and O–H groups in total. The first-order chi connectivity index (χ1) is 10.0. The van der Waals surface area contributed by atoms with Crippen LogP contribution in [0, 0.1) is 0 Å². The fourth-order valence-corrected chi connectivity index (χ4v) is 2.26. The van der Waals surface area contributed by atoms with E-state index < -0.39 is 6.10 Å². The molecule has 1 unspecified atom stereocenters. The van der Waals surface area contributed by atoms with Crippen LogP contribution in [-0.4, -0.2) is 55.8 Å². The summed E-state index contributed by atoms with van der Waals surface area (Å²) in [5.41, 5.74) is 6.08. The Bertz CT molecular complexity index is 528. The van der Waals surface area contributed by atoms with E-state index in [2.05, 4.69) is 0 Å². The lowest BCUT2D eigenvalue weighted by Crippen LogP contribution is -2.49. The summed E-state index contributed by atoms with van der Waals surface area (Å²) in [4.78, 5) is 14.5. The SMILES string of the molecule is COc1cc(OC)cc(C(=O)N2CCOC(C(N)=S)C2)c1. The number of carbonyl (C=O) groups is 1. The molecule has 0 saturated carbocycles. The Morgan fingerprint density at radius 1 is 1.33 bits per heavy atom. The van der Waals surface area contributed by atoms with Crippen molar-refractivity contribution < 1.29 is 19.0 Å². The predicted octanol–water partition coefficient (Wildman–Crippen LogP) is 0.831. The molecule has 0 aromatic heterocycles. The van der Waals surface area contributed by atoms with Gasteiger partial charge in [-0.25, -0.2) is 0 Å². The highest BCUT2D eigenvalue weighted by Crippen LogP contribution is 2.24. The highest BCUT2D eigenvalue weighted by molar-refractivity contribution is 7.80. The second kappa shape index (κ2) is 6.73. The maximum atomic E-state index is 12.6. The average molecular weight is 310 g/mol. The third-order valence-corrected chi connectivity index (χ3v) is 3.53. The van der Waals surface area contributed by atoms with Crippen LogP contribution in [-0.2, 0) is 4.74 Å². The summed E-state index contributed by atoms with van der Waals surface area (Å²) >= 11 is 4.93. The van der Waals surface area contributed by atoms with Crippen LogP contribution >= 0.6 is 12.2 Å². The Morgan fingerprint density at radius 2 is 1.95 bits per heavy atom. The summed E-state index contributed by atoms with van der Waals surface area (Å²) in [6, 6.07) is 5.07. The van der Waals surface area contributed by atoms with Gasteiger partial charge in [-0.2, -0.15) is 0 Å². The van der Waals surface area contributed by atoms with Crippen molar-refractivity contribution in [1.82, 2.24) is 4.90 Å². The molecule has 1 heterocycles. The number of thiocarbonyl (C=S) groups is 1. The molecule has 1 fully saturated rings. The van der Waals surface area contributed by atoms with Gasteiger partial charge in [0.2, 0.25) is 0 Å². The van der Waals surface area contributed by atoms with Crippen LogP contribution in [0.2, 0.25) is 0 Å². The van der Waals surface area contributed by atoms with E-state index in [0.717, 1.165) is 0 Å². The van der Waals surface area contributed by atoms with Gasteiger partial charge in [0.15, 0.2) is 0 Å². The van der Waals surface area contributed by atoms with Crippen LogP contribution < -0.4 is 15.2 Å². The number of methoxy groups -OCH3 is 2. The van der Waals surface area contributed by atoms with Crippen molar-refractivity contribution in [2.75, 3.05) is 33.9 Å². The number of rotatable bonds is 4. The minimum absolute atomic E-state index is 0.128. The van der Waals surface area contributed by atoms with Crippen molar-refractivity contribution in [1.29, 1.82) is 0 Å². The van der Waals surface area contributed by atoms with Gasteiger partial charge in [0.05, 0.1) is 27.4 Å². The maximum Gasteiger partial charge on any atom is 0.254 e. The monoisotopic (exact) mass is 310 g/mol. The number of nitrogens with two attached hydrogens (primary N) is 1. The van der Waals surface area contributed by atoms with Crippen molar-refractivity contribution in [2.24, 2.45) is 5.73 Å². The number of ether oxygens (including phenoxy) is 3. The number of hydrogen-bond donors (Lipinski definition) is 1. The van der Waals surface area contributed by atoms with E-state index in [1.807, 2.05) is 0 Å². The van der Waals surface area contributed by atoms with Gasteiger partial charge >= 0.3 is 0 Å². The molecule has 0 spiro atoms. The smallest absolute Gasteiger partial charge is 0.254 e. The Hall–Kier alpha value is -1.86. The summed E-state index contributed by atoms with van der Waals surface area (Å²) in [6.45, 7) is 1.26. The Balaban J connectivity index is 2.21. The zero-order chi connectivity index (χ0) is 15.4. The molecule has 1 amide bonds. The van der Waals surface area contributed by atoms with E-state index in [1.165, 1.54) is 0 Å². The molecule has 21 heavy (non-hydrogen) atoms. The zero-order valence-electron chi connectivity index (χ0n) is 12.0. The topological polar surface area (TPSA) is 74.0 Å². The molecule has 1 saturated heterocycles. The van der Waals surface area contributed by atoms with Crippen LogP contribution in [0.15, 0.2) is 18.2 Å². The molecule has 1 aromatic rings. The average Bonchev–Trinajstić information content (AvgIpc) is 2.53. The molecule has 2 rings (SSSR count). The first-order valence-corrected chi connectivity index (χ1v) is 6.89. The normalized spacial score (nSPS) is 18.2. The summed E-state index contributed by atoms with van der Waals surface area (Å²) < 4.78 is 15.8. The summed E-state index contributed by atoms with van der Waals surface area (Å²) in [5.74, 6) is 1.01. The summed E-state index contributed by atoms with van der Waals surface area (Å²) in [5, 5.41) is 0. The van der Waals surface area contributed by atoms with Gasteiger partial charge in [-0.15, -0.1) is 0 Å². The minimum Gasteiger partial charge on any atom is -0.497 e. The van der Waals surface area contributed by atoms with Crippen LogP contribution in [0.1, 0.15) is 10.4 Å². The summed E-state index contributed by atoms with van der Waals surface area (Å²) in [6.07, 6.45) is -0.398. The number of carbonyl (C=O) groups excluding carboxylic acids is 1. The quantitative estimate of drug-likeness (QED) is 0.831. The van der Waals surface area contributed by atoms with Gasteiger partial charge in [-0.3, -0.25) is 4.79 Å². The lowest BCUT2D eigenvalue weighted by Gasteiger charge is -2.32. The molecule has 114 valence electrons. The molecule has 1 aliphatic heterocycles. The largest absolute Gasteiger partial charge is 0.497 e. The van der Waals surface area contributed by atoms with Crippen molar-refractivity contribution in [2.45, 2.75) is 6.10 Å². The van der Waals surface area contributed by atoms with Crippen LogP contribution in [0.3, 0.4) is 0 Å². The third kappa shape index (κ3) is 3.62.